The Morgan fingerprint density at radius 1 is 1.20 bits per heavy atom. The number of piperidine rings is 1. The molecule has 2 aliphatic rings. The summed E-state index contributed by atoms with van der Waals surface area (Å²) in [5.74, 6) is 0.358. The molecule has 1 atom stereocenters. The summed E-state index contributed by atoms with van der Waals surface area (Å²) in [6, 6.07) is 2.59. The Morgan fingerprint density at radius 3 is 2.40 bits per heavy atom. The highest BCUT2D eigenvalue weighted by molar-refractivity contribution is 7.88. The molecule has 4 nitrogen and oxygen atoms in total. The Labute approximate surface area is 123 Å². The van der Waals surface area contributed by atoms with Gasteiger partial charge in [-0.2, -0.15) is 5.26 Å². The molecule has 0 aromatic heterocycles. The van der Waals surface area contributed by atoms with E-state index in [1.165, 1.54) is 19.1 Å². The minimum atomic E-state index is -3.08. The molecule has 0 aromatic carbocycles. The van der Waals surface area contributed by atoms with Gasteiger partial charge in [-0.15, -0.1) is 0 Å². The molecule has 0 aromatic rings. The summed E-state index contributed by atoms with van der Waals surface area (Å²) in [6.07, 6.45) is 10.9. The van der Waals surface area contributed by atoms with Crippen molar-refractivity contribution in [1.82, 2.24) is 4.31 Å². The van der Waals surface area contributed by atoms with E-state index in [4.69, 9.17) is 0 Å². The number of nitriles is 1. The van der Waals surface area contributed by atoms with Gasteiger partial charge in [0.15, 0.2) is 0 Å². The van der Waals surface area contributed by atoms with Crippen molar-refractivity contribution in [2.75, 3.05) is 19.3 Å². The minimum absolute atomic E-state index is 0.193. The monoisotopic (exact) mass is 298 g/mol. The van der Waals surface area contributed by atoms with Gasteiger partial charge in [-0.1, -0.05) is 25.7 Å². The number of nitrogens with zero attached hydrogens (tertiary/aromatic N) is 2. The lowest BCUT2D eigenvalue weighted by atomic mass is 9.73. The first kappa shape index (κ1) is 15.8. The fraction of sp³-hybridized carbons (Fsp3) is 0.933. The van der Waals surface area contributed by atoms with Crippen molar-refractivity contribution < 1.29 is 8.42 Å². The Hall–Kier alpha value is -0.600. The summed E-state index contributed by atoms with van der Waals surface area (Å²) in [5, 5.41) is 9.64. The van der Waals surface area contributed by atoms with Gasteiger partial charge >= 0.3 is 0 Å². The molecule has 1 heterocycles. The molecule has 1 aliphatic carbocycles. The highest BCUT2D eigenvalue weighted by atomic mass is 32.2. The summed E-state index contributed by atoms with van der Waals surface area (Å²) in [4.78, 5) is 0. The first-order chi connectivity index (χ1) is 9.45. The van der Waals surface area contributed by atoms with Crippen molar-refractivity contribution >= 4 is 10.0 Å². The maximum absolute atomic E-state index is 11.7. The van der Waals surface area contributed by atoms with Crippen molar-refractivity contribution in [1.29, 1.82) is 5.26 Å². The predicted molar refractivity (Wildman–Crippen MR) is 79.5 cm³/mol. The zero-order valence-corrected chi connectivity index (χ0v) is 13.3. The molecular weight excluding hydrogens is 272 g/mol. The second-order valence-corrected chi connectivity index (χ2v) is 8.62. The molecule has 20 heavy (non-hydrogen) atoms. The Balaban J connectivity index is 2.02. The first-order valence-corrected chi connectivity index (χ1v) is 9.66. The maximum Gasteiger partial charge on any atom is 0.211 e. The molecule has 0 N–H and O–H groups in total. The average Bonchev–Trinajstić information content (AvgIpc) is 2.64. The Morgan fingerprint density at radius 2 is 1.85 bits per heavy atom. The fourth-order valence-corrected chi connectivity index (χ4v) is 4.76. The largest absolute Gasteiger partial charge is 0.213 e. The smallest absolute Gasteiger partial charge is 0.211 e. The van der Waals surface area contributed by atoms with Crippen LogP contribution in [0.3, 0.4) is 0 Å². The summed E-state index contributed by atoms with van der Waals surface area (Å²) >= 11 is 0. The van der Waals surface area contributed by atoms with E-state index < -0.39 is 10.0 Å². The van der Waals surface area contributed by atoms with Crippen molar-refractivity contribution in [3.63, 3.8) is 0 Å². The molecule has 1 saturated carbocycles. The molecule has 1 unspecified atom stereocenters. The molecular formula is C15H26N2O2S. The molecule has 1 saturated heterocycles. The van der Waals surface area contributed by atoms with Crippen LogP contribution in [-0.4, -0.2) is 32.1 Å². The maximum atomic E-state index is 11.7. The van der Waals surface area contributed by atoms with E-state index in [2.05, 4.69) is 6.07 Å². The van der Waals surface area contributed by atoms with Crippen molar-refractivity contribution in [2.45, 2.75) is 57.8 Å². The van der Waals surface area contributed by atoms with E-state index in [0.717, 1.165) is 44.9 Å². The van der Waals surface area contributed by atoms with Gasteiger partial charge in [0.25, 0.3) is 0 Å². The predicted octanol–water partition coefficient (Wildman–Crippen LogP) is 2.91. The Bertz CT molecular complexity index is 459. The second-order valence-electron chi connectivity index (χ2n) is 6.64. The van der Waals surface area contributed by atoms with Gasteiger partial charge in [0.2, 0.25) is 10.0 Å². The number of sulfonamides is 1. The van der Waals surface area contributed by atoms with E-state index in [9.17, 15) is 13.7 Å². The van der Waals surface area contributed by atoms with Crippen molar-refractivity contribution in [3.05, 3.63) is 0 Å². The third-order valence-corrected chi connectivity index (χ3v) is 6.20. The Kier molecular flexibility index (Phi) is 5.09. The molecule has 5 heteroatoms. The lowest BCUT2D eigenvalue weighted by Crippen LogP contribution is -2.40. The van der Waals surface area contributed by atoms with Crippen LogP contribution in [-0.2, 0) is 10.0 Å². The van der Waals surface area contributed by atoms with Crippen molar-refractivity contribution in [2.24, 2.45) is 11.3 Å². The van der Waals surface area contributed by atoms with Crippen LogP contribution in [0, 0.1) is 22.7 Å². The van der Waals surface area contributed by atoms with Gasteiger partial charge in [0.1, 0.15) is 0 Å². The van der Waals surface area contributed by atoms with Crippen LogP contribution in [0.15, 0.2) is 0 Å². The lowest BCUT2D eigenvalue weighted by molar-refractivity contribution is 0.187. The van der Waals surface area contributed by atoms with Gasteiger partial charge in [0, 0.05) is 13.1 Å². The summed E-state index contributed by atoms with van der Waals surface area (Å²) in [6.45, 7) is 1.26. The van der Waals surface area contributed by atoms with Crippen molar-refractivity contribution in [3.8, 4) is 6.07 Å². The first-order valence-electron chi connectivity index (χ1n) is 7.82. The van der Waals surface area contributed by atoms with Crippen LogP contribution in [0.5, 0.6) is 0 Å². The van der Waals surface area contributed by atoms with Gasteiger partial charge in [-0.3, -0.25) is 0 Å². The molecule has 0 spiro atoms. The van der Waals surface area contributed by atoms with Gasteiger partial charge < -0.3 is 0 Å². The van der Waals surface area contributed by atoms with Crippen LogP contribution in [0.4, 0.5) is 0 Å². The summed E-state index contributed by atoms with van der Waals surface area (Å²) < 4.78 is 25.0. The van der Waals surface area contributed by atoms with E-state index in [1.807, 2.05) is 0 Å². The molecule has 2 rings (SSSR count). The third kappa shape index (κ3) is 3.95. The zero-order valence-electron chi connectivity index (χ0n) is 12.5. The average molecular weight is 298 g/mol. The summed E-state index contributed by atoms with van der Waals surface area (Å²) in [5.41, 5.74) is -0.193. The van der Waals surface area contributed by atoms with E-state index in [-0.39, 0.29) is 5.41 Å². The molecule has 0 radical (unpaired) electrons. The number of rotatable bonds is 3. The fourth-order valence-electron chi connectivity index (χ4n) is 3.81. The summed E-state index contributed by atoms with van der Waals surface area (Å²) in [7, 11) is -3.08. The normalized spacial score (nSPS) is 28.5. The number of hydrogen-bond donors (Lipinski definition) is 0. The third-order valence-electron chi connectivity index (χ3n) is 4.93. The van der Waals surface area contributed by atoms with Gasteiger partial charge in [-0.25, -0.2) is 12.7 Å². The van der Waals surface area contributed by atoms with E-state index >= 15 is 0 Å². The highest BCUT2D eigenvalue weighted by Crippen LogP contribution is 2.41. The highest BCUT2D eigenvalue weighted by Gasteiger charge is 2.36. The van der Waals surface area contributed by atoms with Crippen LogP contribution in [0.25, 0.3) is 0 Å². The van der Waals surface area contributed by atoms with Crippen LogP contribution in [0.2, 0.25) is 0 Å². The quantitative estimate of drug-likeness (QED) is 0.753. The molecule has 0 bridgehead atoms. The van der Waals surface area contributed by atoms with E-state index in [0.29, 0.717) is 19.0 Å². The minimum Gasteiger partial charge on any atom is -0.213 e. The molecule has 1 aliphatic heterocycles. The SMILES string of the molecule is CS(=O)(=O)N1CCCC(CC2(C#N)CCCCCC2)C1. The molecule has 2 fully saturated rings. The van der Waals surface area contributed by atoms with Crippen LogP contribution in [0.1, 0.15) is 57.8 Å². The lowest BCUT2D eigenvalue weighted by Gasteiger charge is -2.35. The standard InChI is InChI=1S/C15H26N2O2S/c1-20(18,19)17-10-6-7-14(12-17)11-15(13-16)8-4-2-3-5-9-15/h14H,2-12H2,1H3. The second kappa shape index (κ2) is 6.44. The van der Waals surface area contributed by atoms with E-state index in [1.54, 1.807) is 4.31 Å². The van der Waals surface area contributed by atoms with Gasteiger partial charge in [0.05, 0.1) is 17.7 Å². The topological polar surface area (TPSA) is 61.2 Å². The molecule has 114 valence electrons. The van der Waals surface area contributed by atoms with Crippen LogP contribution < -0.4 is 0 Å². The number of hydrogen-bond acceptors (Lipinski definition) is 3. The van der Waals surface area contributed by atoms with Crippen LogP contribution >= 0.6 is 0 Å². The zero-order chi connectivity index (χ0) is 14.6. The molecule has 0 amide bonds. The van der Waals surface area contributed by atoms with Gasteiger partial charge in [-0.05, 0) is 38.0 Å².